The van der Waals surface area contributed by atoms with Crippen LogP contribution < -0.4 is 10.1 Å². The van der Waals surface area contributed by atoms with E-state index in [2.05, 4.69) is 11.4 Å². The van der Waals surface area contributed by atoms with Crippen LogP contribution in [-0.4, -0.2) is 24.0 Å². The normalized spacial score (nSPS) is 18.6. The molecule has 0 radical (unpaired) electrons. The zero-order chi connectivity index (χ0) is 27.5. The number of aromatic hydroxyl groups is 1. The van der Waals surface area contributed by atoms with Crippen LogP contribution in [0.4, 0.5) is 0 Å². The van der Waals surface area contributed by atoms with E-state index >= 15 is 0 Å². The lowest BCUT2D eigenvalue weighted by molar-refractivity contribution is -0.140. The van der Waals surface area contributed by atoms with Gasteiger partial charge in [-0.1, -0.05) is 42.5 Å². The molecule has 39 heavy (non-hydrogen) atoms. The number of para-hydroxylation sites is 1. The Bertz CT molecular complexity index is 1560. The molecule has 2 aliphatic rings. The Morgan fingerprint density at radius 3 is 2.64 bits per heavy atom. The molecule has 5 rings (SSSR count). The second kappa shape index (κ2) is 10.9. The molecule has 0 spiro atoms. The van der Waals surface area contributed by atoms with Gasteiger partial charge >= 0.3 is 5.97 Å². The zero-order valence-electron chi connectivity index (χ0n) is 21.7. The van der Waals surface area contributed by atoms with Crippen LogP contribution in [0.25, 0.3) is 0 Å². The first-order chi connectivity index (χ1) is 18.9. The lowest BCUT2D eigenvalue weighted by atomic mass is 9.71. The predicted octanol–water partition coefficient (Wildman–Crippen LogP) is 5.38. The number of hydrogen-bond acceptors (Lipinski definition) is 7. The highest BCUT2D eigenvalue weighted by Gasteiger charge is 2.42. The second-order valence-corrected chi connectivity index (χ2v) is 9.74. The SMILES string of the molecule is COc1ccccc1[C@H]1CC(=O)C2=C(C1)NC(C)=C(C(=O)OCc1cccc(C#N)c1)[C@H]2c1cccc(O)c1. The maximum Gasteiger partial charge on any atom is 0.337 e. The Morgan fingerprint density at radius 1 is 1.08 bits per heavy atom. The summed E-state index contributed by atoms with van der Waals surface area (Å²) in [5.41, 5.74) is 4.93. The molecule has 0 saturated heterocycles. The van der Waals surface area contributed by atoms with Gasteiger partial charge in [-0.3, -0.25) is 4.79 Å². The van der Waals surface area contributed by atoms with Crippen LogP contribution in [0.3, 0.4) is 0 Å². The second-order valence-electron chi connectivity index (χ2n) is 9.74. The number of nitrogens with zero attached hydrogens (tertiary/aromatic N) is 1. The number of phenolic OH excluding ortho intramolecular Hbond substituents is 1. The Labute approximate surface area is 227 Å². The number of benzene rings is 3. The quantitative estimate of drug-likeness (QED) is 0.420. The summed E-state index contributed by atoms with van der Waals surface area (Å²) >= 11 is 0. The first-order valence-electron chi connectivity index (χ1n) is 12.7. The molecule has 1 aliphatic heterocycles. The van der Waals surface area contributed by atoms with Gasteiger partial charge in [-0.05, 0) is 60.4 Å². The fourth-order valence-corrected chi connectivity index (χ4v) is 5.53. The summed E-state index contributed by atoms with van der Waals surface area (Å²) in [4.78, 5) is 27.4. The smallest absolute Gasteiger partial charge is 0.337 e. The summed E-state index contributed by atoms with van der Waals surface area (Å²) in [5.74, 6) is -0.649. The molecule has 3 aromatic carbocycles. The van der Waals surface area contributed by atoms with Crippen LogP contribution in [0, 0.1) is 11.3 Å². The van der Waals surface area contributed by atoms with Crippen molar-refractivity contribution in [1.82, 2.24) is 5.32 Å². The van der Waals surface area contributed by atoms with Crippen molar-refractivity contribution in [2.24, 2.45) is 0 Å². The van der Waals surface area contributed by atoms with E-state index in [-0.39, 0.29) is 30.5 Å². The molecule has 7 nitrogen and oxygen atoms in total. The molecule has 0 fully saturated rings. The third-order valence-electron chi connectivity index (χ3n) is 7.26. The van der Waals surface area contributed by atoms with Gasteiger partial charge in [0.05, 0.1) is 24.3 Å². The molecule has 0 unspecified atom stereocenters. The van der Waals surface area contributed by atoms with Crippen LogP contribution in [0.15, 0.2) is 95.3 Å². The van der Waals surface area contributed by atoms with Crippen molar-refractivity contribution < 1.29 is 24.2 Å². The highest BCUT2D eigenvalue weighted by Crippen LogP contribution is 2.47. The summed E-state index contributed by atoms with van der Waals surface area (Å²) in [6.45, 7) is 1.78. The largest absolute Gasteiger partial charge is 0.508 e. The number of nitriles is 1. The van der Waals surface area contributed by atoms with Gasteiger partial charge in [0.2, 0.25) is 0 Å². The number of dihydropyridines is 1. The van der Waals surface area contributed by atoms with Crippen molar-refractivity contribution in [3.8, 4) is 17.6 Å². The fourth-order valence-electron chi connectivity index (χ4n) is 5.53. The van der Waals surface area contributed by atoms with Crippen LogP contribution in [-0.2, 0) is 20.9 Å². The van der Waals surface area contributed by atoms with Crippen LogP contribution in [0.1, 0.15) is 53.9 Å². The number of ketones is 1. The minimum atomic E-state index is -0.697. The summed E-state index contributed by atoms with van der Waals surface area (Å²) in [6, 6.07) is 23.3. The third kappa shape index (κ3) is 5.14. The Morgan fingerprint density at radius 2 is 1.87 bits per heavy atom. The number of carbonyl (C=O) groups excluding carboxylic acids is 2. The van der Waals surface area contributed by atoms with Crippen molar-refractivity contribution in [2.45, 2.75) is 38.2 Å². The van der Waals surface area contributed by atoms with Crippen molar-refractivity contribution in [2.75, 3.05) is 7.11 Å². The monoisotopic (exact) mass is 520 g/mol. The highest BCUT2D eigenvalue weighted by atomic mass is 16.5. The summed E-state index contributed by atoms with van der Waals surface area (Å²) in [7, 11) is 1.62. The first kappa shape index (κ1) is 25.8. The van der Waals surface area contributed by atoms with Gasteiger partial charge in [0.1, 0.15) is 18.1 Å². The number of hydrogen-bond donors (Lipinski definition) is 2. The minimum Gasteiger partial charge on any atom is -0.508 e. The molecule has 1 aliphatic carbocycles. The van der Waals surface area contributed by atoms with E-state index in [0.29, 0.717) is 40.0 Å². The van der Waals surface area contributed by atoms with Gasteiger partial charge in [0.15, 0.2) is 5.78 Å². The summed E-state index contributed by atoms with van der Waals surface area (Å²) < 4.78 is 11.3. The predicted molar refractivity (Wildman–Crippen MR) is 145 cm³/mol. The molecule has 0 bridgehead atoms. The van der Waals surface area contributed by atoms with Gasteiger partial charge in [-0.2, -0.15) is 5.26 Å². The molecule has 1 heterocycles. The number of methoxy groups -OCH3 is 1. The van der Waals surface area contributed by atoms with E-state index in [1.807, 2.05) is 24.3 Å². The van der Waals surface area contributed by atoms with Crippen molar-refractivity contribution in [3.05, 3.63) is 118 Å². The summed E-state index contributed by atoms with van der Waals surface area (Å²) in [6.07, 6.45) is 0.829. The number of phenols is 1. The van der Waals surface area contributed by atoms with Crippen LogP contribution in [0.2, 0.25) is 0 Å². The standard InChI is InChI=1S/C32H28N2O5/c1-19-29(32(37)39-18-21-8-5-7-20(13-21)17-33)30(22-9-6-10-24(35)14-22)31-26(34-19)15-23(16-27(31)36)25-11-3-4-12-28(25)38-2/h3-14,23,30,34-35H,15-16,18H2,1-2H3/t23-,30-/m1/s1. The fraction of sp³-hybridized carbons (Fsp3) is 0.219. The minimum absolute atomic E-state index is 0.0202. The average Bonchev–Trinajstić information content (AvgIpc) is 2.95. The van der Waals surface area contributed by atoms with Gasteiger partial charge in [0.25, 0.3) is 0 Å². The van der Waals surface area contributed by atoms with E-state index in [1.165, 1.54) is 0 Å². The van der Waals surface area contributed by atoms with Crippen molar-refractivity contribution >= 4 is 11.8 Å². The van der Waals surface area contributed by atoms with Crippen molar-refractivity contribution in [1.29, 1.82) is 5.26 Å². The van der Waals surface area contributed by atoms with E-state index in [4.69, 9.17) is 9.47 Å². The molecule has 2 N–H and O–H groups in total. The van der Waals surface area contributed by atoms with Gasteiger partial charge < -0.3 is 19.9 Å². The summed E-state index contributed by atoms with van der Waals surface area (Å²) in [5, 5.41) is 22.8. The number of allylic oxidation sites excluding steroid dienone is 3. The molecule has 0 amide bonds. The van der Waals surface area contributed by atoms with E-state index in [9.17, 15) is 20.0 Å². The number of rotatable bonds is 6. The molecule has 2 atom stereocenters. The van der Waals surface area contributed by atoms with E-state index in [0.717, 1.165) is 17.0 Å². The Balaban J connectivity index is 1.51. The number of ether oxygens (including phenoxy) is 2. The molecule has 196 valence electrons. The van der Waals surface area contributed by atoms with Crippen molar-refractivity contribution in [3.63, 3.8) is 0 Å². The highest BCUT2D eigenvalue weighted by molar-refractivity contribution is 6.04. The average molecular weight is 521 g/mol. The number of carbonyl (C=O) groups is 2. The first-order valence-corrected chi connectivity index (χ1v) is 12.7. The third-order valence-corrected chi connectivity index (χ3v) is 7.26. The Kier molecular flexibility index (Phi) is 7.20. The van der Waals surface area contributed by atoms with Gasteiger partial charge in [-0.15, -0.1) is 0 Å². The maximum atomic E-state index is 13.8. The molecule has 7 heteroatoms. The molecular formula is C32H28N2O5. The van der Waals surface area contributed by atoms with Gasteiger partial charge in [-0.25, -0.2) is 4.79 Å². The molecular weight excluding hydrogens is 492 g/mol. The maximum absolute atomic E-state index is 13.8. The number of nitrogens with one attached hydrogen (secondary N) is 1. The molecule has 0 saturated carbocycles. The van der Waals surface area contributed by atoms with E-state index < -0.39 is 11.9 Å². The molecule has 3 aromatic rings. The lowest BCUT2D eigenvalue weighted by Crippen LogP contribution is -2.36. The zero-order valence-corrected chi connectivity index (χ0v) is 21.7. The van der Waals surface area contributed by atoms with Crippen LogP contribution >= 0.6 is 0 Å². The number of esters is 1. The lowest BCUT2D eigenvalue weighted by Gasteiger charge is -2.37. The van der Waals surface area contributed by atoms with Gasteiger partial charge in [0, 0.05) is 35.2 Å². The topological polar surface area (TPSA) is 109 Å². The Hall–Kier alpha value is -4.83. The molecule has 0 aromatic heterocycles. The van der Waals surface area contributed by atoms with Crippen LogP contribution in [0.5, 0.6) is 11.5 Å². The number of Topliss-reactive ketones (excluding diaryl/α,β-unsaturated/α-hetero) is 1. The van der Waals surface area contributed by atoms with E-state index in [1.54, 1.807) is 62.6 Å².